The summed E-state index contributed by atoms with van der Waals surface area (Å²) in [6, 6.07) is 16.6. The molecule has 0 unspecified atom stereocenters. The zero-order valence-electron chi connectivity index (χ0n) is 14.3. The molecule has 1 aromatic carbocycles. The van der Waals surface area contributed by atoms with Gasteiger partial charge >= 0.3 is 5.97 Å². The summed E-state index contributed by atoms with van der Waals surface area (Å²) in [6.45, 7) is 0. The van der Waals surface area contributed by atoms with Crippen LogP contribution in [-0.4, -0.2) is 26.0 Å². The van der Waals surface area contributed by atoms with Gasteiger partial charge in [-0.05, 0) is 35.9 Å². The fourth-order valence-corrected chi connectivity index (χ4v) is 2.84. The highest BCUT2D eigenvalue weighted by atomic mass is 16.4. The molecular formula is C21H16N4O2. The Kier molecular flexibility index (Phi) is 4.37. The summed E-state index contributed by atoms with van der Waals surface area (Å²) in [5.41, 5.74) is 3.17. The Labute approximate surface area is 155 Å². The highest BCUT2D eigenvalue weighted by Crippen LogP contribution is 2.25. The third kappa shape index (κ3) is 3.55. The summed E-state index contributed by atoms with van der Waals surface area (Å²) in [7, 11) is 0. The Morgan fingerprint density at radius 2 is 1.93 bits per heavy atom. The van der Waals surface area contributed by atoms with Crippen molar-refractivity contribution in [3.8, 4) is 0 Å². The Balaban J connectivity index is 1.70. The molecule has 3 N–H and O–H groups in total. The first-order chi connectivity index (χ1) is 13.2. The molecule has 0 saturated heterocycles. The van der Waals surface area contributed by atoms with Gasteiger partial charge in [0.15, 0.2) is 0 Å². The van der Waals surface area contributed by atoms with Crippen molar-refractivity contribution in [3.05, 3.63) is 84.3 Å². The third-order valence-corrected chi connectivity index (χ3v) is 4.12. The van der Waals surface area contributed by atoms with E-state index in [1.54, 1.807) is 36.8 Å². The number of hydrogen-bond donors (Lipinski definition) is 3. The van der Waals surface area contributed by atoms with Crippen molar-refractivity contribution in [2.45, 2.75) is 0 Å². The van der Waals surface area contributed by atoms with E-state index in [-0.39, 0.29) is 5.57 Å². The molecule has 0 aliphatic heterocycles. The largest absolute Gasteiger partial charge is 0.478 e. The maximum absolute atomic E-state index is 11.7. The Morgan fingerprint density at radius 1 is 1.07 bits per heavy atom. The molecule has 27 heavy (non-hydrogen) atoms. The van der Waals surface area contributed by atoms with Crippen LogP contribution in [-0.2, 0) is 4.79 Å². The smallest absolute Gasteiger partial charge is 0.336 e. The van der Waals surface area contributed by atoms with Crippen LogP contribution < -0.4 is 5.32 Å². The summed E-state index contributed by atoms with van der Waals surface area (Å²) >= 11 is 0. The SMILES string of the molecule is O=C(O)C(=Cc1c[nH]c2nc(Nc3cccnc3)ccc12)c1ccccc1. The lowest BCUT2D eigenvalue weighted by atomic mass is 10.0. The molecule has 6 nitrogen and oxygen atoms in total. The van der Waals surface area contributed by atoms with Gasteiger partial charge in [-0.3, -0.25) is 4.98 Å². The van der Waals surface area contributed by atoms with Crippen LogP contribution in [0.25, 0.3) is 22.7 Å². The van der Waals surface area contributed by atoms with E-state index in [9.17, 15) is 9.90 Å². The molecule has 6 heteroatoms. The van der Waals surface area contributed by atoms with Gasteiger partial charge in [-0.15, -0.1) is 0 Å². The molecule has 0 aliphatic rings. The van der Waals surface area contributed by atoms with Crippen LogP contribution in [0, 0.1) is 0 Å². The first-order valence-electron chi connectivity index (χ1n) is 8.36. The summed E-state index contributed by atoms with van der Waals surface area (Å²) in [6.07, 6.45) is 6.84. The highest BCUT2D eigenvalue weighted by molar-refractivity contribution is 6.21. The number of H-pyrrole nitrogens is 1. The third-order valence-electron chi connectivity index (χ3n) is 4.12. The fourth-order valence-electron chi connectivity index (χ4n) is 2.84. The fraction of sp³-hybridized carbons (Fsp3) is 0. The van der Waals surface area contributed by atoms with Crippen LogP contribution in [0.4, 0.5) is 11.5 Å². The van der Waals surface area contributed by atoms with Crippen LogP contribution in [0.5, 0.6) is 0 Å². The number of aromatic nitrogens is 3. The zero-order valence-corrected chi connectivity index (χ0v) is 14.3. The summed E-state index contributed by atoms with van der Waals surface area (Å²) < 4.78 is 0. The molecule has 0 atom stereocenters. The predicted octanol–water partition coefficient (Wildman–Crippen LogP) is 4.33. The number of fused-ring (bicyclic) bond motifs is 1. The molecule has 3 aromatic heterocycles. The van der Waals surface area contributed by atoms with Crippen LogP contribution in [0.1, 0.15) is 11.1 Å². The lowest BCUT2D eigenvalue weighted by molar-refractivity contribution is -0.130. The number of aromatic amines is 1. The summed E-state index contributed by atoms with van der Waals surface area (Å²) in [5, 5.41) is 13.6. The van der Waals surface area contributed by atoms with Crippen molar-refractivity contribution in [1.29, 1.82) is 0 Å². The predicted molar refractivity (Wildman–Crippen MR) is 106 cm³/mol. The van der Waals surface area contributed by atoms with Crippen molar-refractivity contribution < 1.29 is 9.90 Å². The number of aliphatic carboxylic acids is 1. The lowest BCUT2D eigenvalue weighted by Gasteiger charge is -2.05. The topological polar surface area (TPSA) is 90.9 Å². The van der Waals surface area contributed by atoms with E-state index in [1.165, 1.54) is 0 Å². The van der Waals surface area contributed by atoms with Gasteiger partial charge in [0, 0.05) is 23.3 Å². The molecule has 0 saturated carbocycles. The van der Waals surface area contributed by atoms with Gasteiger partial charge in [0.05, 0.1) is 17.5 Å². The molecule has 0 bridgehead atoms. The van der Waals surface area contributed by atoms with E-state index < -0.39 is 5.97 Å². The highest BCUT2D eigenvalue weighted by Gasteiger charge is 2.12. The number of hydrogen-bond acceptors (Lipinski definition) is 4. The molecule has 4 aromatic rings. The number of pyridine rings is 2. The maximum Gasteiger partial charge on any atom is 0.336 e. The first-order valence-corrected chi connectivity index (χ1v) is 8.36. The van der Waals surface area contributed by atoms with E-state index >= 15 is 0 Å². The quantitative estimate of drug-likeness (QED) is 0.463. The Bertz CT molecular complexity index is 1120. The molecule has 0 radical (unpaired) electrons. The second-order valence-electron chi connectivity index (χ2n) is 5.93. The molecule has 0 aliphatic carbocycles. The van der Waals surface area contributed by atoms with Crippen molar-refractivity contribution in [2.75, 3.05) is 5.32 Å². The van der Waals surface area contributed by atoms with Gasteiger partial charge in [-0.25, -0.2) is 9.78 Å². The maximum atomic E-state index is 11.7. The zero-order chi connectivity index (χ0) is 18.6. The monoisotopic (exact) mass is 356 g/mol. The minimum absolute atomic E-state index is 0.231. The average Bonchev–Trinajstić information content (AvgIpc) is 3.09. The number of benzene rings is 1. The minimum Gasteiger partial charge on any atom is -0.478 e. The lowest BCUT2D eigenvalue weighted by Crippen LogP contribution is -1.99. The number of carbonyl (C=O) groups is 1. The van der Waals surface area contributed by atoms with Crippen molar-refractivity contribution in [3.63, 3.8) is 0 Å². The first kappa shape index (κ1) is 16.5. The van der Waals surface area contributed by atoms with Crippen molar-refractivity contribution in [1.82, 2.24) is 15.0 Å². The van der Waals surface area contributed by atoms with Gasteiger partial charge in [-0.2, -0.15) is 0 Å². The van der Waals surface area contributed by atoms with E-state index in [0.29, 0.717) is 17.0 Å². The van der Waals surface area contributed by atoms with Gasteiger partial charge in [0.1, 0.15) is 11.5 Å². The van der Waals surface area contributed by atoms with Crippen LogP contribution in [0.15, 0.2) is 73.2 Å². The van der Waals surface area contributed by atoms with Gasteiger partial charge in [-0.1, -0.05) is 30.3 Å². The van der Waals surface area contributed by atoms with Crippen LogP contribution in [0.2, 0.25) is 0 Å². The molecule has 132 valence electrons. The van der Waals surface area contributed by atoms with Crippen LogP contribution in [0.3, 0.4) is 0 Å². The number of anilines is 2. The molecule has 4 rings (SSSR count). The molecule has 0 fully saturated rings. The summed E-state index contributed by atoms with van der Waals surface area (Å²) in [5.74, 6) is -0.298. The standard InChI is InChI=1S/C21H16N4O2/c26-21(27)18(14-5-2-1-3-6-14)11-15-12-23-20-17(15)8-9-19(25-20)24-16-7-4-10-22-13-16/h1-13H,(H,26,27)(H2,23,24,25). The van der Waals surface area contributed by atoms with Gasteiger partial charge in [0.25, 0.3) is 0 Å². The molecular weight excluding hydrogens is 340 g/mol. The van der Waals surface area contributed by atoms with E-state index in [2.05, 4.69) is 20.3 Å². The number of nitrogens with one attached hydrogen (secondary N) is 2. The second kappa shape index (κ2) is 7.13. The average molecular weight is 356 g/mol. The molecule has 0 amide bonds. The van der Waals surface area contributed by atoms with Crippen molar-refractivity contribution in [2.24, 2.45) is 0 Å². The van der Waals surface area contributed by atoms with Crippen molar-refractivity contribution >= 4 is 40.2 Å². The summed E-state index contributed by atoms with van der Waals surface area (Å²) in [4.78, 5) is 23.4. The van der Waals surface area contributed by atoms with E-state index in [4.69, 9.17) is 0 Å². The van der Waals surface area contributed by atoms with Gasteiger partial charge in [0.2, 0.25) is 0 Å². The minimum atomic E-state index is -0.974. The Morgan fingerprint density at radius 3 is 2.67 bits per heavy atom. The van der Waals surface area contributed by atoms with E-state index in [1.807, 2.05) is 42.5 Å². The molecule has 0 spiro atoms. The number of rotatable bonds is 5. The normalized spacial score (nSPS) is 11.5. The van der Waals surface area contributed by atoms with Gasteiger partial charge < -0.3 is 15.4 Å². The number of carboxylic acid groups (broad SMARTS) is 1. The Hall–Kier alpha value is -3.93. The molecule has 3 heterocycles. The van der Waals surface area contributed by atoms with Crippen LogP contribution >= 0.6 is 0 Å². The second-order valence-corrected chi connectivity index (χ2v) is 5.93. The number of nitrogens with zero attached hydrogens (tertiary/aromatic N) is 2. The van der Waals surface area contributed by atoms with E-state index in [0.717, 1.165) is 16.6 Å². The number of carboxylic acids is 1.